The lowest BCUT2D eigenvalue weighted by molar-refractivity contribution is -0.137. The lowest BCUT2D eigenvalue weighted by Crippen LogP contribution is -2.05. The molecule has 3 aromatic rings. The quantitative estimate of drug-likeness (QED) is 0.604. The summed E-state index contributed by atoms with van der Waals surface area (Å²) in [6.45, 7) is 1.78. The van der Waals surface area contributed by atoms with Crippen LogP contribution in [0.1, 0.15) is 34.2 Å². The summed E-state index contributed by atoms with van der Waals surface area (Å²) in [6.07, 6.45) is -4.07. The first-order valence-corrected chi connectivity index (χ1v) is 7.66. The van der Waals surface area contributed by atoms with E-state index < -0.39 is 11.7 Å². The number of halogens is 3. The van der Waals surface area contributed by atoms with E-state index in [0.717, 1.165) is 12.1 Å². The topological polar surface area (TPSA) is 39.4 Å². The van der Waals surface area contributed by atoms with Gasteiger partial charge in [0.2, 0.25) is 0 Å². The highest BCUT2D eigenvalue weighted by Crippen LogP contribution is 2.35. The highest BCUT2D eigenvalue weighted by Gasteiger charge is 2.32. The molecular formula is C19H15F3O3. The molecule has 0 saturated heterocycles. The Morgan fingerprint density at radius 3 is 2.36 bits per heavy atom. The minimum Gasteiger partial charge on any atom is -0.497 e. The van der Waals surface area contributed by atoms with Gasteiger partial charge in [-0.15, -0.1) is 0 Å². The number of rotatable bonds is 4. The summed E-state index contributed by atoms with van der Waals surface area (Å²) in [4.78, 5) is 12.9. The molecule has 0 fully saturated rings. The van der Waals surface area contributed by atoms with Crippen LogP contribution in [0, 0.1) is 0 Å². The third kappa shape index (κ3) is 3.12. The number of carbonyl (C=O) groups is 1. The second-order valence-corrected chi connectivity index (χ2v) is 5.52. The van der Waals surface area contributed by atoms with E-state index in [1.54, 1.807) is 31.2 Å². The Morgan fingerprint density at radius 2 is 1.80 bits per heavy atom. The molecule has 130 valence electrons. The van der Waals surface area contributed by atoms with Gasteiger partial charge < -0.3 is 9.15 Å². The molecule has 2 aromatic carbocycles. The van der Waals surface area contributed by atoms with Crippen molar-refractivity contribution in [2.24, 2.45) is 0 Å². The number of hydrogen-bond donors (Lipinski definition) is 0. The van der Waals surface area contributed by atoms with Crippen molar-refractivity contribution in [3.63, 3.8) is 0 Å². The lowest BCUT2D eigenvalue weighted by Gasteiger charge is -2.06. The Bertz CT molecular complexity index is 921. The van der Waals surface area contributed by atoms with Crippen LogP contribution in [0.2, 0.25) is 0 Å². The molecule has 0 N–H and O–H groups in total. The van der Waals surface area contributed by atoms with Gasteiger partial charge in [-0.25, -0.2) is 0 Å². The van der Waals surface area contributed by atoms with Crippen LogP contribution in [-0.2, 0) is 12.6 Å². The van der Waals surface area contributed by atoms with Crippen LogP contribution in [0.4, 0.5) is 13.2 Å². The molecule has 0 aliphatic rings. The van der Waals surface area contributed by atoms with E-state index >= 15 is 0 Å². The zero-order chi connectivity index (χ0) is 18.2. The second kappa shape index (κ2) is 6.27. The number of hydrogen-bond acceptors (Lipinski definition) is 3. The average molecular weight is 348 g/mol. The molecule has 0 aliphatic heterocycles. The van der Waals surface area contributed by atoms with E-state index in [2.05, 4.69) is 0 Å². The number of carbonyl (C=O) groups excluding carboxylic acids is 1. The number of fused-ring (bicyclic) bond motifs is 1. The van der Waals surface area contributed by atoms with Gasteiger partial charge in [-0.3, -0.25) is 4.79 Å². The van der Waals surface area contributed by atoms with Gasteiger partial charge in [0.1, 0.15) is 17.1 Å². The molecule has 0 radical (unpaired) electrons. The molecule has 0 saturated carbocycles. The summed E-state index contributed by atoms with van der Waals surface area (Å²) >= 11 is 0. The number of methoxy groups -OCH3 is 1. The zero-order valence-electron chi connectivity index (χ0n) is 13.6. The number of ketones is 1. The van der Waals surface area contributed by atoms with Crippen molar-refractivity contribution in [1.82, 2.24) is 0 Å². The predicted octanol–water partition coefficient (Wildman–Crippen LogP) is 5.25. The third-order valence-electron chi connectivity index (χ3n) is 3.99. The average Bonchev–Trinajstić information content (AvgIpc) is 2.98. The lowest BCUT2D eigenvalue weighted by atomic mass is 9.98. The summed E-state index contributed by atoms with van der Waals surface area (Å²) < 4.78 is 49.2. The Balaban J connectivity index is 2.12. The van der Waals surface area contributed by atoms with Gasteiger partial charge in [-0.05, 0) is 42.5 Å². The third-order valence-corrected chi connectivity index (χ3v) is 3.99. The van der Waals surface area contributed by atoms with Gasteiger partial charge in [0.25, 0.3) is 0 Å². The largest absolute Gasteiger partial charge is 0.497 e. The maximum Gasteiger partial charge on any atom is 0.416 e. The summed E-state index contributed by atoms with van der Waals surface area (Å²) in [5, 5.41) is 0.380. The number of benzene rings is 2. The smallest absolute Gasteiger partial charge is 0.416 e. The van der Waals surface area contributed by atoms with Gasteiger partial charge in [-0.2, -0.15) is 13.2 Å². The molecular weight excluding hydrogens is 333 g/mol. The van der Waals surface area contributed by atoms with Crippen molar-refractivity contribution in [3.05, 3.63) is 64.9 Å². The van der Waals surface area contributed by atoms with Crippen LogP contribution in [0.25, 0.3) is 11.0 Å². The zero-order valence-corrected chi connectivity index (χ0v) is 13.6. The normalized spacial score (nSPS) is 11.7. The second-order valence-electron chi connectivity index (χ2n) is 5.52. The van der Waals surface area contributed by atoms with Crippen molar-refractivity contribution >= 4 is 16.8 Å². The van der Waals surface area contributed by atoms with Crippen molar-refractivity contribution in [3.8, 4) is 5.75 Å². The molecule has 0 unspecified atom stereocenters. The Kier molecular flexibility index (Phi) is 4.29. The highest BCUT2D eigenvalue weighted by molar-refractivity contribution is 6.17. The Morgan fingerprint density at radius 1 is 1.12 bits per heavy atom. The summed E-state index contributed by atoms with van der Waals surface area (Å²) in [7, 11) is 1.52. The van der Waals surface area contributed by atoms with E-state index in [4.69, 9.17) is 9.15 Å². The summed E-state index contributed by atoms with van der Waals surface area (Å²) in [5.74, 6) is 0.687. The van der Waals surface area contributed by atoms with Crippen LogP contribution < -0.4 is 4.74 Å². The number of ether oxygens (including phenoxy) is 1. The molecule has 1 heterocycles. The molecule has 0 atom stereocenters. The van der Waals surface area contributed by atoms with Gasteiger partial charge in [0, 0.05) is 17.4 Å². The van der Waals surface area contributed by atoms with Crippen LogP contribution in [-0.4, -0.2) is 12.9 Å². The van der Waals surface area contributed by atoms with Crippen molar-refractivity contribution < 1.29 is 27.1 Å². The van der Waals surface area contributed by atoms with Crippen molar-refractivity contribution in [2.75, 3.05) is 7.11 Å². The minimum absolute atomic E-state index is 0.0588. The monoisotopic (exact) mass is 348 g/mol. The number of furan rings is 1. The highest BCUT2D eigenvalue weighted by atomic mass is 19.4. The summed E-state index contributed by atoms with van der Waals surface area (Å²) in [6, 6.07) is 9.72. The maximum absolute atomic E-state index is 12.9. The molecule has 3 rings (SSSR count). The van der Waals surface area contributed by atoms with E-state index in [-0.39, 0.29) is 11.4 Å². The molecule has 0 spiro atoms. The SMILES string of the molecule is CCc1oc2cc(C(F)(F)F)ccc2c1C(=O)c1ccc(OC)cc1. The number of aryl methyl sites for hydroxylation is 1. The van der Waals surface area contributed by atoms with Crippen LogP contribution in [0.5, 0.6) is 5.75 Å². The first kappa shape index (κ1) is 17.1. The molecule has 0 aliphatic carbocycles. The Hall–Kier alpha value is -2.76. The minimum atomic E-state index is -4.46. The van der Waals surface area contributed by atoms with Crippen molar-refractivity contribution in [2.45, 2.75) is 19.5 Å². The van der Waals surface area contributed by atoms with E-state index in [1.165, 1.54) is 13.2 Å². The van der Waals surface area contributed by atoms with Gasteiger partial charge >= 0.3 is 6.18 Å². The number of alkyl halides is 3. The molecule has 25 heavy (non-hydrogen) atoms. The molecule has 0 amide bonds. The fourth-order valence-electron chi connectivity index (χ4n) is 2.71. The molecule has 3 nitrogen and oxygen atoms in total. The standard InChI is InChI=1S/C19H15F3O3/c1-3-15-17(18(23)11-4-7-13(24-2)8-5-11)14-9-6-12(19(20,21)22)10-16(14)25-15/h4-10H,3H2,1-2H3. The summed E-state index contributed by atoms with van der Waals surface area (Å²) in [5.41, 5.74) is -0.0297. The fraction of sp³-hybridized carbons (Fsp3) is 0.211. The molecule has 0 bridgehead atoms. The van der Waals surface area contributed by atoms with Gasteiger partial charge in [0.15, 0.2) is 5.78 Å². The Labute approximate surface area is 142 Å². The van der Waals surface area contributed by atoms with Crippen molar-refractivity contribution in [1.29, 1.82) is 0 Å². The van der Waals surface area contributed by atoms with Crippen LogP contribution in [0.3, 0.4) is 0 Å². The molecule has 1 aromatic heterocycles. The fourth-order valence-corrected chi connectivity index (χ4v) is 2.71. The van der Waals surface area contributed by atoms with Gasteiger partial charge in [0.05, 0.1) is 18.2 Å². The predicted molar refractivity (Wildman–Crippen MR) is 87.0 cm³/mol. The van der Waals surface area contributed by atoms with E-state index in [1.807, 2.05) is 0 Å². The van der Waals surface area contributed by atoms with Crippen LogP contribution >= 0.6 is 0 Å². The first-order chi connectivity index (χ1) is 11.8. The molecule has 6 heteroatoms. The van der Waals surface area contributed by atoms with E-state index in [0.29, 0.717) is 34.4 Å². The first-order valence-electron chi connectivity index (χ1n) is 7.66. The van der Waals surface area contributed by atoms with Gasteiger partial charge in [-0.1, -0.05) is 6.92 Å². The van der Waals surface area contributed by atoms with E-state index in [9.17, 15) is 18.0 Å². The maximum atomic E-state index is 12.9. The van der Waals surface area contributed by atoms with Crippen LogP contribution in [0.15, 0.2) is 46.9 Å².